The summed E-state index contributed by atoms with van der Waals surface area (Å²) in [5, 5.41) is 13.2. The van der Waals surface area contributed by atoms with Crippen LogP contribution in [0.5, 0.6) is 5.75 Å². The van der Waals surface area contributed by atoms with Gasteiger partial charge in [-0.15, -0.1) is 0 Å². The van der Waals surface area contributed by atoms with Gasteiger partial charge < -0.3 is 9.84 Å². The van der Waals surface area contributed by atoms with E-state index < -0.39 is 0 Å². The highest BCUT2D eigenvalue weighted by Crippen LogP contribution is 2.26. The number of aromatic nitrogens is 2. The molecule has 18 heavy (non-hydrogen) atoms. The molecule has 4 nitrogen and oxygen atoms in total. The maximum absolute atomic E-state index is 9.02. The molecular formula is C13H15BrN2O2. The van der Waals surface area contributed by atoms with E-state index in [1.165, 1.54) is 0 Å². The van der Waals surface area contributed by atoms with Crippen LogP contribution in [0.15, 0.2) is 35.1 Å². The minimum Gasteiger partial charge on any atom is -0.488 e. The zero-order chi connectivity index (χ0) is 13.0. The number of nitrogens with zero attached hydrogens (tertiary/aromatic N) is 2. The van der Waals surface area contributed by atoms with E-state index in [1.54, 1.807) is 6.20 Å². The molecular weight excluding hydrogens is 296 g/mol. The molecule has 2 rings (SSSR count). The molecule has 0 spiro atoms. The Kier molecular flexibility index (Phi) is 4.38. The maximum atomic E-state index is 9.02. The summed E-state index contributed by atoms with van der Waals surface area (Å²) in [5.41, 5.74) is 1.89. The standard InChI is InChI=1S/C13H15BrN2O2/c1-2-16-7-11(6-15-16)9-18-13-4-3-10(8-17)5-12(13)14/h3-7,17H,2,8-9H2,1H3. The van der Waals surface area contributed by atoms with Crippen LogP contribution in [0.1, 0.15) is 18.1 Å². The zero-order valence-corrected chi connectivity index (χ0v) is 11.7. The summed E-state index contributed by atoms with van der Waals surface area (Å²) in [4.78, 5) is 0. The summed E-state index contributed by atoms with van der Waals surface area (Å²) in [7, 11) is 0. The van der Waals surface area contributed by atoms with Crippen molar-refractivity contribution < 1.29 is 9.84 Å². The number of rotatable bonds is 5. The first-order valence-corrected chi connectivity index (χ1v) is 6.55. The third kappa shape index (κ3) is 3.11. The summed E-state index contributed by atoms with van der Waals surface area (Å²) in [6.07, 6.45) is 3.77. The van der Waals surface area contributed by atoms with Crippen molar-refractivity contribution in [2.75, 3.05) is 0 Å². The Balaban J connectivity index is 2.01. The van der Waals surface area contributed by atoms with Crippen LogP contribution < -0.4 is 4.74 Å². The third-order valence-electron chi connectivity index (χ3n) is 2.58. The molecule has 0 aliphatic rings. The van der Waals surface area contributed by atoms with Crippen molar-refractivity contribution in [3.8, 4) is 5.75 Å². The SMILES string of the molecule is CCn1cc(COc2ccc(CO)cc2Br)cn1. The molecule has 0 saturated heterocycles. The van der Waals surface area contributed by atoms with Crippen molar-refractivity contribution >= 4 is 15.9 Å². The van der Waals surface area contributed by atoms with E-state index in [-0.39, 0.29) is 6.61 Å². The van der Waals surface area contributed by atoms with Gasteiger partial charge in [0.15, 0.2) is 0 Å². The Hall–Kier alpha value is -1.33. The largest absolute Gasteiger partial charge is 0.488 e. The summed E-state index contributed by atoms with van der Waals surface area (Å²) < 4.78 is 8.41. The third-order valence-corrected chi connectivity index (χ3v) is 3.20. The lowest BCUT2D eigenvalue weighted by Gasteiger charge is -2.08. The summed E-state index contributed by atoms with van der Waals surface area (Å²) in [6.45, 7) is 3.41. The number of benzene rings is 1. The topological polar surface area (TPSA) is 47.3 Å². The van der Waals surface area contributed by atoms with E-state index in [0.29, 0.717) is 6.61 Å². The molecule has 0 saturated carbocycles. The average molecular weight is 311 g/mol. The van der Waals surface area contributed by atoms with E-state index in [0.717, 1.165) is 27.9 Å². The zero-order valence-electron chi connectivity index (χ0n) is 10.1. The summed E-state index contributed by atoms with van der Waals surface area (Å²) in [6, 6.07) is 5.54. The van der Waals surface area contributed by atoms with Crippen molar-refractivity contribution in [3.63, 3.8) is 0 Å². The monoisotopic (exact) mass is 310 g/mol. The molecule has 0 aliphatic heterocycles. The molecule has 0 atom stereocenters. The van der Waals surface area contributed by atoms with Gasteiger partial charge in [0.1, 0.15) is 12.4 Å². The van der Waals surface area contributed by atoms with E-state index >= 15 is 0 Å². The predicted octanol–water partition coefficient (Wildman–Crippen LogP) is 2.74. The van der Waals surface area contributed by atoms with Crippen LogP contribution in [0.25, 0.3) is 0 Å². The second-order valence-corrected chi connectivity index (χ2v) is 4.77. The Morgan fingerprint density at radius 2 is 2.22 bits per heavy atom. The first-order chi connectivity index (χ1) is 8.72. The van der Waals surface area contributed by atoms with Gasteiger partial charge in [-0.1, -0.05) is 6.07 Å². The van der Waals surface area contributed by atoms with Gasteiger partial charge in [0.25, 0.3) is 0 Å². The van der Waals surface area contributed by atoms with Gasteiger partial charge in [-0.25, -0.2) is 0 Å². The number of hydrogen-bond acceptors (Lipinski definition) is 3. The van der Waals surface area contributed by atoms with Crippen LogP contribution in [0.3, 0.4) is 0 Å². The number of halogens is 1. The van der Waals surface area contributed by atoms with E-state index in [4.69, 9.17) is 9.84 Å². The van der Waals surface area contributed by atoms with Crippen molar-refractivity contribution in [2.24, 2.45) is 0 Å². The second-order valence-electron chi connectivity index (χ2n) is 3.92. The fourth-order valence-electron chi connectivity index (χ4n) is 1.57. The lowest BCUT2D eigenvalue weighted by molar-refractivity contribution is 0.280. The van der Waals surface area contributed by atoms with Gasteiger partial charge >= 0.3 is 0 Å². The highest BCUT2D eigenvalue weighted by molar-refractivity contribution is 9.10. The molecule has 1 heterocycles. The quantitative estimate of drug-likeness (QED) is 0.923. The fourth-order valence-corrected chi connectivity index (χ4v) is 2.12. The van der Waals surface area contributed by atoms with Gasteiger partial charge in [0.2, 0.25) is 0 Å². The van der Waals surface area contributed by atoms with Crippen LogP contribution in [-0.4, -0.2) is 14.9 Å². The minimum atomic E-state index is 0.0299. The predicted molar refractivity (Wildman–Crippen MR) is 72.3 cm³/mol. The smallest absolute Gasteiger partial charge is 0.134 e. The molecule has 0 fully saturated rings. The van der Waals surface area contributed by atoms with Crippen molar-refractivity contribution in [1.82, 2.24) is 9.78 Å². The number of aliphatic hydroxyl groups excluding tert-OH is 1. The van der Waals surface area contributed by atoms with Crippen LogP contribution in [0.4, 0.5) is 0 Å². The Labute approximate surface area is 114 Å². The van der Waals surface area contributed by atoms with Crippen molar-refractivity contribution in [3.05, 3.63) is 46.2 Å². The molecule has 0 amide bonds. The summed E-state index contributed by atoms with van der Waals surface area (Å²) >= 11 is 3.42. The van der Waals surface area contributed by atoms with Crippen LogP contribution in [0.2, 0.25) is 0 Å². The van der Waals surface area contributed by atoms with Gasteiger partial charge in [0.05, 0.1) is 17.3 Å². The van der Waals surface area contributed by atoms with E-state index in [9.17, 15) is 0 Å². The van der Waals surface area contributed by atoms with E-state index in [1.807, 2.05) is 36.0 Å². The van der Waals surface area contributed by atoms with Crippen molar-refractivity contribution in [1.29, 1.82) is 0 Å². The molecule has 2 aromatic rings. The van der Waals surface area contributed by atoms with Gasteiger partial charge in [0, 0.05) is 18.3 Å². The lowest BCUT2D eigenvalue weighted by atomic mass is 10.2. The Bertz CT molecular complexity index is 525. The second kappa shape index (κ2) is 6.02. The first kappa shape index (κ1) is 13.1. The number of aryl methyl sites for hydroxylation is 1. The average Bonchev–Trinajstić information content (AvgIpc) is 2.85. The molecule has 0 bridgehead atoms. The maximum Gasteiger partial charge on any atom is 0.134 e. The molecule has 96 valence electrons. The summed E-state index contributed by atoms with van der Waals surface area (Å²) in [5.74, 6) is 0.761. The normalized spacial score (nSPS) is 10.6. The Morgan fingerprint density at radius 3 is 2.83 bits per heavy atom. The highest BCUT2D eigenvalue weighted by atomic mass is 79.9. The van der Waals surface area contributed by atoms with Crippen LogP contribution in [-0.2, 0) is 19.8 Å². The van der Waals surface area contributed by atoms with Crippen LogP contribution >= 0.6 is 15.9 Å². The molecule has 1 N–H and O–H groups in total. The van der Waals surface area contributed by atoms with Gasteiger partial charge in [-0.3, -0.25) is 4.68 Å². The molecule has 0 radical (unpaired) electrons. The molecule has 0 aliphatic carbocycles. The van der Waals surface area contributed by atoms with E-state index in [2.05, 4.69) is 21.0 Å². The number of aliphatic hydroxyl groups is 1. The minimum absolute atomic E-state index is 0.0299. The van der Waals surface area contributed by atoms with Gasteiger partial charge in [-0.05, 0) is 40.5 Å². The fraction of sp³-hybridized carbons (Fsp3) is 0.308. The highest BCUT2D eigenvalue weighted by Gasteiger charge is 2.04. The number of hydrogen-bond donors (Lipinski definition) is 1. The molecule has 0 unspecified atom stereocenters. The molecule has 1 aromatic heterocycles. The number of ether oxygens (including phenoxy) is 1. The molecule has 5 heteroatoms. The Morgan fingerprint density at radius 1 is 1.39 bits per heavy atom. The molecule has 1 aromatic carbocycles. The van der Waals surface area contributed by atoms with Gasteiger partial charge in [-0.2, -0.15) is 5.10 Å². The van der Waals surface area contributed by atoms with Crippen LogP contribution in [0, 0.1) is 0 Å². The first-order valence-electron chi connectivity index (χ1n) is 5.76. The van der Waals surface area contributed by atoms with Crippen molar-refractivity contribution in [2.45, 2.75) is 26.7 Å². The lowest BCUT2D eigenvalue weighted by Crippen LogP contribution is -1.96.